The topological polar surface area (TPSA) is 54.6 Å². The van der Waals surface area contributed by atoms with E-state index in [1.165, 1.54) is 18.7 Å². The largest absolute Gasteiger partial charge is 0.384 e. The molecule has 3 aliphatic heterocycles. The molecule has 1 aromatic heterocycles. The Morgan fingerprint density at radius 3 is 2.61 bits per heavy atom. The number of nitrogens with two attached hydrogens (primary N) is 1. The maximum atomic E-state index is 5.64. The molecular formula is C13H18N4O. The van der Waals surface area contributed by atoms with Crippen LogP contribution < -0.4 is 10.6 Å². The molecule has 0 saturated carbocycles. The predicted octanol–water partition coefficient (Wildman–Crippen LogP) is 0.325. The molecule has 0 radical (unpaired) electrons. The highest BCUT2D eigenvalue weighted by atomic mass is 16.5. The summed E-state index contributed by atoms with van der Waals surface area (Å²) < 4.78 is 5.30. The van der Waals surface area contributed by atoms with Crippen molar-refractivity contribution in [3.8, 4) is 0 Å². The summed E-state index contributed by atoms with van der Waals surface area (Å²) in [6.45, 7) is 4.13. The van der Waals surface area contributed by atoms with Gasteiger partial charge in [-0.05, 0) is 18.6 Å². The van der Waals surface area contributed by atoms with Crippen molar-refractivity contribution in [2.24, 2.45) is 0 Å². The fourth-order valence-electron chi connectivity index (χ4n) is 3.44. The van der Waals surface area contributed by atoms with Crippen LogP contribution in [0.3, 0.4) is 0 Å². The molecule has 0 unspecified atom stereocenters. The summed E-state index contributed by atoms with van der Waals surface area (Å²) in [4.78, 5) is 9.30. The van der Waals surface area contributed by atoms with Gasteiger partial charge in [-0.15, -0.1) is 0 Å². The van der Waals surface area contributed by atoms with Gasteiger partial charge in [0.1, 0.15) is 5.82 Å². The highest BCUT2D eigenvalue weighted by Gasteiger charge is 2.47. The van der Waals surface area contributed by atoms with Crippen LogP contribution >= 0.6 is 0 Å². The Hall–Kier alpha value is -1.33. The fourth-order valence-corrected chi connectivity index (χ4v) is 3.44. The lowest BCUT2D eigenvalue weighted by Gasteiger charge is -2.42. The first-order valence-corrected chi connectivity index (χ1v) is 6.63. The smallest absolute Gasteiger partial charge is 0.123 e. The second kappa shape index (κ2) is 3.83. The van der Waals surface area contributed by atoms with E-state index in [-0.39, 0.29) is 0 Å². The molecule has 4 rings (SSSR count). The van der Waals surface area contributed by atoms with Crippen molar-refractivity contribution in [3.63, 3.8) is 0 Å². The van der Waals surface area contributed by atoms with Crippen molar-refractivity contribution in [2.45, 2.75) is 24.5 Å². The Morgan fingerprint density at radius 1 is 1.17 bits per heavy atom. The number of piperazine rings is 1. The molecule has 1 aromatic rings. The Bertz CT molecular complexity index is 445. The van der Waals surface area contributed by atoms with Crippen LogP contribution in [0.5, 0.6) is 0 Å². The Labute approximate surface area is 107 Å². The lowest BCUT2D eigenvalue weighted by atomic mass is 10.1. The van der Waals surface area contributed by atoms with E-state index >= 15 is 0 Å². The summed E-state index contributed by atoms with van der Waals surface area (Å²) in [6, 6.07) is 5.98. The summed E-state index contributed by atoms with van der Waals surface area (Å²) in [5.41, 5.74) is 6.85. The van der Waals surface area contributed by atoms with Crippen LogP contribution in [0.25, 0.3) is 0 Å². The number of fused-ring (bicyclic) bond motifs is 2. The first-order chi connectivity index (χ1) is 8.81. The number of aromatic nitrogens is 1. The third-order valence-electron chi connectivity index (χ3n) is 4.47. The molecule has 0 aliphatic carbocycles. The number of anilines is 2. The Balaban J connectivity index is 1.49. The molecule has 18 heavy (non-hydrogen) atoms. The Morgan fingerprint density at radius 2 is 2.06 bits per heavy atom. The maximum Gasteiger partial charge on any atom is 0.123 e. The van der Waals surface area contributed by atoms with Crippen LogP contribution in [0, 0.1) is 0 Å². The molecule has 3 saturated heterocycles. The first-order valence-electron chi connectivity index (χ1n) is 6.63. The standard InChI is InChI=1S/C13H18N4O/c14-13-2-1-9(4-15-13)16-5-11-3-10(16)6-17(11)12-7-18-8-12/h1-2,4,10-12H,3,5-8H2,(H2,14,15)/t10-,11-/m0/s1. The molecule has 3 fully saturated rings. The molecule has 2 atom stereocenters. The van der Waals surface area contributed by atoms with Gasteiger partial charge in [-0.25, -0.2) is 4.98 Å². The molecule has 5 heteroatoms. The zero-order valence-corrected chi connectivity index (χ0v) is 10.3. The van der Waals surface area contributed by atoms with Gasteiger partial charge in [0, 0.05) is 25.2 Å². The average Bonchev–Trinajstić information content (AvgIpc) is 2.87. The number of hydrogen-bond acceptors (Lipinski definition) is 5. The second-order valence-electron chi connectivity index (χ2n) is 5.53. The van der Waals surface area contributed by atoms with Crippen molar-refractivity contribution in [1.82, 2.24) is 9.88 Å². The molecular weight excluding hydrogens is 228 g/mol. The minimum Gasteiger partial charge on any atom is -0.384 e. The monoisotopic (exact) mass is 246 g/mol. The van der Waals surface area contributed by atoms with E-state index in [0.717, 1.165) is 19.8 Å². The van der Waals surface area contributed by atoms with Gasteiger partial charge in [-0.3, -0.25) is 4.90 Å². The average molecular weight is 246 g/mol. The van der Waals surface area contributed by atoms with Gasteiger partial charge in [-0.1, -0.05) is 0 Å². The van der Waals surface area contributed by atoms with Gasteiger partial charge in [0.25, 0.3) is 0 Å². The van der Waals surface area contributed by atoms with Crippen LogP contribution in [-0.2, 0) is 4.74 Å². The molecule has 4 heterocycles. The van der Waals surface area contributed by atoms with E-state index in [2.05, 4.69) is 20.9 Å². The van der Waals surface area contributed by atoms with Gasteiger partial charge in [0.15, 0.2) is 0 Å². The zero-order valence-electron chi connectivity index (χ0n) is 10.3. The highest BCUT2D eigenvalue weighted by molar-refractivity contribution is 5.51. The fraction of sp³-hybridized carbons (Fsp3) is 0.615. The van der Waals surface area contributed by atoms with Gasteiger partial charge in [0.2, 0.25) is 0 Å². The van der Waals surface area contributed by atoms with Crippen LogP contribution in [0.2, 0.25) is 0 Å². The second-order valence-corrected chi connectivity index (χ2v) is 5.53. The van der Waals surface area contributed by atoms with Crippen LogP contribution in [0.1, 0.15) is 6.42 Å². The summed E-state index contributed by atoms with van der Waals surface area (Å²) in [5.74, 6) is 0.594. The summed E-state index contributed by atoms with van der Waals surface area (Å²) in [6.07, 6.45) is 3.17. The lowest BCUT2D eigenvalue weighted by Crippen LogP contribution is -2.56. The summed E-state index contributed by atoms with van der Waals surface area (Å²) in [7, 11) is 0. The number of nitrogen functional groups attached to an aromatic ring is 1. The van der Waals surface area contributed by atoms with Crippen molar-refractivity contribution in [3.05, 3.63) is 18.3 Å². The van der Waals surface area contributed by atoms with E-state index in [0.29, 0.717) is 23.9 Å². The SMILES string of the molecule is Nc1ccc(N2C[C@@H]3C[C@H]2CN3C2COC2)cn1. The molecule has 2 bridgehead atoms. The van der Waals surface area contributed by atoms with Gasteiger partial charge in [0.05, 0.1) is 31.1 Å². The van der Waals surface area contributed by atoms with Crippen LogP contribution in [-0.4, -0.2) is 54.3 Å². The minimum absolute atomic E-state index is 0.594. The quantitative estimate of drug-likeness (QED) is 0.815. The van der Waals surface area contributed by atoms with E-state index in [1.807, 2.05) is 12.3 Å². The number of hydrogen-bond donors (Lipinski definition) is 1. The summed E-state index contributed by atoms with van der Waals surface area (Å²) in [5, 5.41) is 0. The molecule has 0 aromatic carbocycles. The minimum atomic E-state index is 0.594. The van der Waals surface area contributed by atoms with E-state index < -0.39 is 0 Å². The lowest BCUT2D eigenvalue weighted by molar-refractivity contribution is -0.0708. The van der Waals surface area contributed by atoms with Gasteiger partial charge >= 0.3 is 0 Å². The third-order valence-corrected chi connectivity index (χ3v) is 4.47. The molecule has 96 valence electrons. The van der Waals surface area contributed by atoms with Gasteiger partial charge < -0.3 is 15.4 Å². The third kappa shape index (κ3) is 1.51. The molecule has 2 N–H and O–H groups in total. The highest BCUT2D eigenvalue weighted by Crippen LogP contribution is 2.36. The zero-order chi connectivity index (χ0) is 12.1. The van der Waals surface area contributed by atoms with E-state index in [4.69, 9.17) is 10.5 Å². The number of pyridine rings is 1. The first kappa shape index (κ1) is 10.6. The van der Waals surface area contributed by atoms with E-state index in [1.54, 1.807) is 0 Å². The normalized spacial score (nSPS) is 31.9. The molecule has 5 nitrogen and oxygen atoms in total. The molecule has 0 amide bonds. The number of rotatable bonds is 2. The molecule has 3 aliphatic rings. The summed E-state index contributed by atoms with van der Waals surface area (Å²) >= 11 is 0. The molecule has 0 spiro atoms. The van der Waals surface area contributed by atoms with Crippen LogP contribution in [0.15, 0.2) is 18.3 Å². The van der Waals surface area contributed by atoms with Crippen LogP contribution in [0.4, 0.5) is 11.5 Å². The number of likely N-dealkylation sites (tertiary alicyclic amines) is 1. The van der Waals surface area contributed by atoms with Crippen molar-refractivity contribution in [1.29, 1.82) is 0 Å². The Kier molecular flexibility index (Phi) is 2.25. The number of ether oxygens (including phenoxy) is 1. The van der Waals surface area contributed by atoms with Gasteiger partial charge in [-0.2, -0.15) is 0 Å². The van der Waals surface area contributed by atoms with Crippen molar-refractivity contribution >= 4 is 11.5 Å². The number of nitrogens with zero attached hydrogens (tertiary/aromatic N) is 3. The van der Waals surface area contributed by atoms with Crippen molar-refractivity contribution < 1.29 is 4.74 Å². The van der Waals surface area contributed by atoms with E-state index in [9.17, 15) is 0 Å². The maximum absolute atomic E-state index is 5.64. The predicted molar refractivity (Wildman–Crippen MR) is 69.5 cm³/mol. The van der Waals surface area contributed by atoms with Crippen molar-refractivity contribution in [2.75, 3.05) is 36.9 Å².